The van der Waals surface area contributed by atoms with Gasteiger partial charge in [0.1, 0.15) is 60.1 Å². The van der Waals surface area contributed by atoms with E-state index in [1.807, 2.05) is 55.4 Å². The zero-order valence-corrected chi connectivity index (χ0v) is 58.3. The van der Waals surface area contributed by atoms with Crippen LogP contribution in [0.15, 0.2) is 36.4 Å². The van der Waals surface area contributed by atoms with E-state index in [-0.39, 0.29) is 73.4 Å². The highest BCUT2D eigenvalue weighted by Gasteiger charge is 2.45. The molecule has 24 heteroatoms. The first-order chi connectivity index (χ1) is 41.6. The summed E-state index contributed by atoms with van der Waals surface area (Å²) < 4.78 is 0. The van der Waals surface area contributed by atoms with E-state index in [9.17, 15) is 48.6 Å². The molecular weight excluding hydrogens is 1150 g/mol. The second-order valence-electron chi connectivity index (χ2n) is 26.5. The molecule has 1 aromatic rings. The third-order valence-corrected chi connectivity index (χ3v) is 17.0. The number of amides is 11. The Labute approximate surface area is 536 Å². The van der Waals surface area contributed by atoms with Crippen molar-refractivity contribution in [3.8, 4) is 5.75 Å². The van der Waals surface area contributed by atoms with E-state index in [0.29, 0.717) is 12.0 Å². The van der Waals surface area contributed by atoms with Gasteiger partial charge in [0.2, 0.25) is 65.0 Å². The minimum absolute atomic E-state index is 0.0110. The number of likely N-dealkylation sites (N-methyl/N-ethyl adjacent to an activating group) is 7. The van der Waals surface area contributed by atoms with E-state index in [1.54, 1.807) is 72.8 Å². The Morgan fingerprint density at radius 1 is 0.522 bits per heavy atom. The van der Waals surface area contributed by atoms with Crippen LogP contribution in [0.25, 0.3) is 0 Å². The van der Waals surface area contributed by atoms with Crippen LogP contribution in [0.2, 0.25) is 0 Å². The first-order valence-corrected chi connectivity index (χ1v) is 31.7. The van der Waals surface area contributed by atoms with Crippen molar-refractivity contribution >= 4 is 65.0 Å². The number of benzene rings is 1. The van der Waals surface area contributed by atoms with Crippen LogP contribution < -0.4 is 21.7 Å². The Morgan fingerprint density at radius 2 is 1.00 bits per heavy atom. The van der Waals surface area contributed by atoms with Crippen molar-refractivity contribution < 1.29 is 63.0 Å². The third kappa shape index (κ3) is 23.3. The monoisotopic (exact) mass is 1270 g/mol. The zero-order chi connectivity index (χ0) is 69.7. The Balaban J connectivity index is 3.66. The molecule has 0 aromatic heterocycles. The van der Waals surface area contributed by atoms with Gasteiger partial charge in [0, 0.05) is 61.7 Å². The molecule has 0 spiro atoms. The summed E-state index contributed by atoms with van der Waals surface area (Å²) >= 11 is 0. The van der Waals surface area contributed by atoms with Crippen molar-refractivity contribution in [2.24, 2.45) is 47.2 Å². The van der Waals surface area contributed by atoms with Gasteiger partial charge in [-0.25, -0.2) is 0 Å². The molecule has 90 heavy (non-hydrogen) atoms. The summed E-state index contributed by atoms with van der Waals surface area (Å²) in [4.78, 5) is 164. The maximum Gasteiger partial charge on any atom is 0.246 e. The number of rotatable bonds is 36. The molecule has 0 radical (unpaired) electrons. The number of allylic oxidation sites excluding steroid dienone is 2. The number of nitrogens with two attached hydrogens (primary N) is 1. The summed E-state index contributed by atoms with van der Waals surface area (Å²) in [7, 11) is 9.93. The molecule has 0 fully saturated rings. The Kier molecular flexibility index (Phi) is 33.5. The van der Waals surface area contributed by atoms with E-state index in [4.69, 9.17) is 5.73 Å². The topological polar surface area (TPSA) is 313 Å². The Bertz CT molecular complexity index is 2610. The number of nitrogens with one attached hydrogen (secondary N) is 3. The summed E-state index contributed by atoms with van der Waals surface area (Å²) in [5.41, 5.74) is 6.32. The number of nitrogens with zero attached hydrogens (tertiary/aromatic N) is 7. The van der Waals surface area contributed by atoms with Crippen molar-refractivity contribution in [1.82, 2.24) is 50.2 Å². The molecule has 0 saturated carbocycles. The average Bonchev–Trinajstić information content (AvgIpc) is 0.910. The number of phenols is 1. The van der Waals surface area contributed by atoms with Crippen LogP contribution >= 0.6 is 0 Å². The fourth-order valence-electron chi connectivity index (χ4n) is 10.6. The predicted molar refractivity (Wildman–Crippen MR) is 347 cm³/mol. The van der Waals surface area contributed by atoms with Gasteiger partial charge in [0.15, 0.2) is 0 Å². The van der Waals surface area contributed by atoms with E-state index < -0.39 is 138 Å². The number of primary amides is 1. The lowest BCUT2D eigenvalue weighted by atomic mass is 9.91. The lowest BCUT2D eigenvalue weighted by Crippen LogP contribution is -2.63. The molecule has 0 saturated heterocycles. The van der Waals surface area contributed by atoms with Crippen LogP contribution in [-0.4, -0.2) is 226 Å². The normalized spacial score (nSPS) is 15.7. The van der Waals surface area contributed by atoms with Crippen LogP contribution in [-0.2, 0) is 59.2 Å². The van der Waals surface area contributed by atoms with Crippen molar-refractivity contribution in [3.05, 3.63) is 42.0 Å². The van der Waals surface area contributed by atoms with Crippen molar-refractivity contribution in [2.45, 2.75) is 210 Å². The average molecular weight is 1270 g/mol. The number of aliphatic hydroxyl groups excluding tert-OH is 1. The van der Waals surface area contributed by atoms with Crippen molar-refractivity contribution in [1.29, 1.82) is 0 Å². The van der Waals surface area contributed by atoms with Gasteiger partial charge in [-0.2, -0.15) is 0 Å². The van der Waals surface area contributed by atoms with Gasteiger partial charge < -0.3 is 66.2 Å². The quantitative estimate of drug-likeness (QED) is 0.0522. The largest absolute Gasteiger partial charge is 0.508 e. The summed E-state index contributed by atoms with van der Waals surface area (Å²) in [5, 5.41) is 30.0. The fraction of sp³-hybridized carbons (Fsp3) is 0.712. The van der Waals surface area contributed by atoms with E-state index in [1.165, 1.54) is 88.0 Å². The number of carbonyl (C=O) groups excluding carboxylic acids is 11. The van der Waals surface area contributed by atoms with Crippen LogP contribution in [0, 0.1) is 41.4 Å². The smallest absolute Gasteiger partial charge is 0.246 e. The standard InChI is InChI=1S/C66H113N11O13/c1-24-26-27-42(13)56(80)55(60(84)69-48(25-2)63(87)71(17)36-53(79)73(19)50(57(67)81)35-46-28-30-47(78)31-29-46)77(23)66(90)54(41(11)12)76(22)65(89)52(34-39(7)8)75(21)64(88)51(33-38(5)6)74(20)62(86)44(15)68-59(83)49(32-37(3)4)70-58(82)45(16)72(18)61(85)43(14)40(9)10/h24,26,28-31,37-45,48-52,54-56,78,80H,25,27,32-36H2,1-23H3,(H2,67,81)(H,68,83)(H,69,84)(H,70,82)/b26-24+/t42-,43-,44+,45+,48-,49?,50+,51-,52-,54+,55?,56+/m1/s1. The fourth-order valence-corrected chi connectivity index (χ4v) is 10.6. The molecule has 0 aliphatic rings. The SMILES string of the molecule is C/C=C/C[C@@H](C)[C@H](O)C(C(=O)N[C@H](CC)C(=O)N(C)CC(=O)N(C)[C@@H](Cc1ccc(O)cc1)C(N)=O)N(C)C(=O)[C@H](C(C)C)N(C)C(=O)[C@@H](CC(C)C)N(C)C(=O)[C@@H](CC(C)C)N(C)C(=O)[C@H](C)NC(=O)C(CC(C)C)NC(=O)[C@H](C)N(C)C(=O)[C@H](C)C(C)C. The highest BCUT2D eigenvalue weighted by molar-refractivity contribution is 5.99. The zero-order valence-electron chi connectivity index (χ0n) is 58.3. The maximum absolute atomic E-state index is 15.2. The van der Waals surface area contributed by atoms with Gasteiger partial charge in [-0.05, 0) is 106 Å². The molecular formula is C66H113N11O13. The molecule has 12 atom stereocenters. The molecule has 2 unspecified atom stereocenters. The molecule has 7 N–H and O–H groups in total. The number of aromatic hydroxyl groups is 1. The van der Waals surface area contributed by atoms with E-state index in [2.05, 4.69) is 16.0 Å². The van der Waals surface area contributed by atoms with Crippen LogP contribution in [0.3, 0.4) is 0 Å². The summed E-state index contributed by atoms with van der Waals surface area (Å²) in [6.07, 6.45) is 2.90. The Hall–Kier alpha value is -7.11. The predicted octanol–water partition coefficient (Wildman–Crippen LogP) is 3.79. The summed E-state index contributed by atoms with van der Waals surface area (Å²) in [6, 6.07) is -4.73. The summed E-state index contributed by atoms with van der Waals surface area (Å²) in [5.74, 6) is -8.92. The molecule has 0 aliphatic heterocycles. The maximum atomic E-state index is 15.2. The molecule has 11 amide bonds. The number of aliphatic hydroxyl groups is 1. The van der Waals surface area contributed by atoms with Gasteiger partial charge in [-0.3, -0.25) is 52.7 Å². The molecule has 0 aliphatic carbocycles. The molecule has 24 nitrogen and oxygen atoms in total. The first kappa shape index (κ1) is 80.9. The number of hydrogen-bond acceptors (Lipinski definition) is 13. The number of phenolic OH excluding ortho intramolecular Hbond substituents is 1. The highest BCUT2D eigenvalue weighted by atomic mass is 16.3. The number of carbonyl (C=O) groups is 11. The lowest BCUT2D eigenvalue weighted by Gasteiger charge is -2.41. The minimum Gasteiger partial charge on any atom is -0.508 e. The molecule has 1 rings (SSSR count). The Morgan fingerprint density at radius 3 is 1.46 bits per heavy atom. The number of hydrogen-bond donors (Lipinski definition) is 6. The van der Waals surface area contributed by atoms with Crippen molar-refractivity contribution in [3.63, 3.8) is 0 Å². The van der Waals surface area contributed by atoms with Gasteiger partial charge in [-0.1, -0.05) is 114 Å². The molecule has 1 aromatic carbocycles. The second-order valence-corrected chi connectivity index (χ2v) is 26.5. The second kappa shape index (κ2) is 37.3. The lowest BCUT2D eigenvalue weighted by molar-refractivity contribution is -0.157. The van der Waals surface area contributed by atoms with Crippen LogP contribution in [0.5, 0.6) is 5.75 Å². The van der Waals surface area contributed by atoms with Gasteiger partial charge in [0.25, 0.3) is 0 Å². The van der Waals surface area contributed by atoms with Crippen molar-refractivity contribution in [2.75, 3.05) is 55.9 Å². The van der Waals surface area contributed by atoms with Crippen LogP contribution in [0.4, 0.5) is 0 Å². The van der Waals surface area contributed by atoms with E-state index in [0.717, 1.165) is 14.7 Å². The van der Waals surface area contributed by atoms with Crippen LogP contribution in [0.1, 0.15) is 148 Å². The summed E-state index contributed by atoms with van der Waals surface area (Å²) in [6.45, 7) is 27.9. The molecule has 0 heterocycles. The minimum atomic E-state index is -1.63. The van der Waals surface area contributed by atoms with E-state index >= 15 is 14.4 Å². The molecule has 0 bridgehead atoms. The first-order valence-electron chi connectivity index (χ1n) is 31.7. The highest BCUT2D eigenvalue weighted by Crippen LogP contribution is 2.26. The van der Waals surface area contributed by atoms with Gasteiger partial charge in [-0.15, -0.1) is 0 Å². The van der Waals surface area contributed by atoms with Gasteiger partial charge in [0.05, 0.1) is 12.6 Å². The molecule has 510 valence electrons. The van der Waals surface area contributed by atoms with Gasteiger partial charge >= 0.3 is 0 Å². The third-order valence-electron chi connectivity index (χ3n) is 17.0.